The molecule has 0 saturated carbocycles. The molecule has 0 radical (unpaired) electrons. The molecule has 0 aliphatic heterocycles. The fraction of sp³-hybridized carbons (Fsp3) is 0.429. The van der Waals surface area contributed by atoms with Crippen LogP contribution in [-0.4, -0.2) is 7.11 Å². The van der Waals surface area contributed by atoms with E-state index in [2.05, 4.69) is 6.08 Å². The molecule has 0 aromatic heterocycles. The molecule has 0 saturated heterocycles. The van der Waals surface area contributed by atoms with Crippen LogP contribution in [0.2, 0.25) is 0 Å². The second kappa shape index (κ2) is 4.89. The third-order valence-electron chi connectivity index (χ3n) is 3.45. The van der Waals surface area contributed by atoms with Crippen molar-refractivity contribution in [2.24, 2.45) is 5.92 Å². The van der Waals surface area contributed by atoms with Crippen LogP contribution in [0.3, 0.4) is 0 Å². The van der Waals surface area contributed by atoms with Crippen molar-refractivity contribution >= 4 is 0 Å². The van der Waals surface area contributed by atoms with Gasteiger partial charge in [0.15, 0.2) is 0 Å². The largest absolute Gasteiger partial charge is 0.501 e. The number of methoxy groups -OCH3 is 1. The number of nitrogens with zero attached hydrogens (tertiary/aromatic N) is 2. The lowest BCUT2D eigenvalue weighted by Crippen LogP contribution is -2.14. The van der Waals surface area contributed by atoms with Crippen LogP contribution >= 0.6 is 0 Å². The molecule has 0 fully saturated rings. The van der Waals surface area contributed by atoms with Crippen LogP contribution in [0.25, 0.3) is 0 Å². The maximum absolute atomic E-state index is 8.87. The highest BCUT2D eigenvalue weighted by Gasteiger charge is 2.24. The van der Waals surface area contributed by atoms with Crippen molar-refractivity contribution in [3.63, 3.8) is 0 Å². The fourth-order valence-electron chi connectivity index (χ4n) is 2.46. The minimum atomic E-state index is 0.244. The van der Waals surface area contributed by atoms with Gasteiger partial charge in [-0.2, -0.15) is 10.5 Å². The summed E-state index contributed by atoms with van der Waals surface area (Å²) in [6.07, 6.45) is 8.00. The summed E-state index contributed by atoms with van der Waals surface area (Å²) in [7, 11) is 1.68. The van der Waals surface area contributed by atoms with Gasteiger partial charge in [-0.05, 0) is 42.4 Å². The van der Waals surface area contributed by atoms with Crippen molar-refractivity contribution in [3.8, 4) is 12.1 Å². The number of nitriles is 2. The average molecular weight is 226 g/mol. The van der Waals surface area contributed by atoms with Gasteiger partial charge in [-0.25, -0.2) is 0 Å². The van der Waals surface area contributed by atoms with Gasteiger partial charge in [0, 0.05) is 6.42 Å². The van der Waals surface area contributed by atoms with E-state index in [1.807, 2.05) is 18.2 Å². The van der Waals surface area contributed by atoms with Crippen molar-refractivity contribution in [2.45, 2.75) is 25.7 Å². The molecule has 2 rings (SSSR count). The zero-order chi connectivity index (χ0) is 12.3. The predicted molar refractivity (Wildman–Crippen MR) is 63.4 cm³/mol. The normalized spacial score (nSPS) is 22.5. The Balaban J connectivity index is 2.39. The fourth-order valence-corrected chi connectivity index (χ4v) is 2.46. The second-order valence-electron chi connectivity index (χ2n) is 4.36. The van der Waals surface area contributed by atoms with E-state index in [1.54, 1.807) is 7.11 Å². The summed E-state index contributed by atoms with van der Waals surface area (Å²) >= 11 is 0. The molecule has 0 amide bonds. The summed E-state index contributed by atoms with van der Waals surface area (Å²) in [5.41, 5.74) is 2.32. The van der Waals surface area contributed by atoms with Gasteiger partial charge < -0.3 is 4.74 Å². The minimum absolute atomic E-state index is 0.244. The lowest BCUT2D eigenvalue weighted by molar-refractivity contribution is 0.261. The van der Waals surface area contributed by atoms with Crippen LogP contribution in [-0.2, 0) is 4.74 Å². The molecule has 1 unspecified atom stereocenters. The highest BCUT2D eigenvalue weighted by atomic mass is 16.5. The standard InChI is InChI=1S/C14H14N2O/c1-17-14-5-4-10-2-3-11(6-12(10)7-14)13(8-15)9-16/h6-7,10H,2-5H2,1H3. The van der Waals surface area contributed by atoms with E-state index >= 15 is 0 Å². The first-order chi connectivity index (χ1) is 8.28. The molecule has 3 heteroatoms. The average Bonchev–Trinajstić information content (AvgIpc) is 2.39. The molecular formula is C14H14N2O. The molecule has 3 nitrogen and oxygen atoms in total. The minimum Gasteiger partial charge on any atom is -0.501 e. The third kappa shape index (κ3) is 2.24. The van der Waals surface area contributed by atoms with E-state index in [4.69, 9.17) is 15.3 Å². The summed E-state index contributed by atoms with van der Waals surface area (Å²) in [5.74, 6) is 1.56. The summed E-state index contributed by atoms with van der Waals surface area (Å²) < 4.78 is 5.26. The van der Waals surface area contributed by atoms with Gasteiger partial charge in [0.2, 0.25) is 0 Å². The van der Waals surface area contributed by atoms with Gasteiger partial charge >= 0.3 is 0 Å². The first-order valence-corrected chi connectivity index (χ1v) is 5.78. The Morgan fingerprint density at radius 1 is 1.24 bits per heavy atom. The lowest BCUT2D eigenvalue weighted by atomic mass is 9.78. The van der Waals surface area contributed by atoms with Crippen LogP contribution in [0, 0.1) is 28.6 Å². The maximum atomic E-state index is 8.87. The van der Waals surface area contributed by atoms with Gasteiger partial charge in [0.1, 0.15) is 17.7 Å². The second-order valence-corrected chi connectivity index (χ2v) is 4.36. The third-order valence-corrected chi connectivity index (χ3v) is 3.45. The topological polar surface area (TPSA) is 56.8 Å². The number of ether oxygens (including phenoxy) is 1. The Bertz CT molecular complexity index is 481. The van der Waals surface area contributed by atoms with Crippen molar-refractivity contribution in [1.29, 1.82) is 10.5 Å². The molecular weight excluding hydrogens is 212 g/mol. The first kappa shape index (κ1) is 11.5. The Labute approximate surface area is 101 Å². The zero-order valence-electron chi connectivity index (χ0n) is 9.86. The molecule has 1 atom stereocenters. The summed E-state index contributed by atoms with van der Waals surface area (Å²) in [4.78, 5) is 0. The smallest absolute Gasteiger partial charge is 0.132 e. The molecule has 0 aromatic rings. The van der Waals surface area contributed by atoms with Crippen LogP contribution in [0.4, 0.5) is 0 Å². The summed E-state index contributed by atoms with van der Waals surface area (Å²) in [6.45, 7) is 0. The van der Waals surface area contributed by atoms with Crippen molar-refractivity contribution in [3.05, 3.63) is 34.6 Å². The number of hydrogen-bond donors (Lipinski definition) is 0. The van der Waals surface area contributed by atoms with Crippen LogP contribution in [0.15, 0.2) is 34.6 Å². The van der Waals surface area contributed by atoms with E-state index in [0.29, 0.717) is 5.92 Å². The number of rotatable bonds is 1. The van der Waals surface area contributed by atoms with E-state index in [-0.39, 0.29) is 5.57 Å². The molecule has 17 heavy (non-hydrogen) atoms. The van der Waals surface area contributed by atoms with E-state index in [1.165, 1.54) is 5.57 Å². The quantitative estimate of drug-likeness (QED) is 0.646. The molecule has 2 aliphatic rings. The van der Waals surface area contributed by atoms with E-state index in [9.17, 15) is 0 Å². The van der Waals surface area contributed by atoms with Crippen LogP contribution in [0.1, 0.15) is 25.7 Å². The van der Waals surface area contributed by atoms with Crippen molar-refractivity contribution < 1.29 is 4.74 Å². The summed E-state index contributed by atoms with van der Waals surface area (Å²) in [6, 6.07) is 3.93. The zero-order valence-corrected chi connectivity index (χ0v) is 9.86. The molecule has 0 N–H and O–H groups in total. The highest BCUT2D eigenvalue weighted by Crippen LogP contribution is 2.37. The van der Waals surface area contributed by atoms with Crippen molar-refractivity contribution in [2.75, 3.05) is 7.11 Å². The highest BCUT2D eigenvalue weighted by molar-refractivity contribution is 5.49. The maximum Gasteiger partial charge on any atom is 0.132 e. The monoisotopic (exact) mass is 226 g/mol. The van der Waals surface area contributed by atoms with Gasteiger partial charge in [-0.3, -0.25) is 0 Å². The van der Waals surface area contributed by atoms with Gasteiger partial charge in [-0.1, -0.05) is 6.08 Å². The van der Waals surface area contributed by atoms with Crippen LogP contribution in [0.5, 0.6) is 0 Å². The molecule has 86 valence electrons. The molecule has 0 aromatic carbocycles. The molecule has 0 bridgehead atoms. The number of allylic oxidation sites excluding steroid dienone is 6. The van der Waals surface area contributed by atoms with E-state index in [0.717, 1.165) is 37.0 Å². The van der Waals surface area contributed by atoms with Gasteiger partial charge in [0.25, 0.3) is 0 Å². The Kier molecular flexibility index (Phi) is 3.30. The first-order valence-electron chi connectivity index (χ1n) is 5.78. The Morgan fingerprint density at radius 2 is 1.94 bits per heavy atom. The Morgan fingerprint density at radius 3 is 2.59 bits per heavy atom. The van der Waals surface area contributed by atoms with Crippen molar-refractivity contribution in [1.82, 2.24) is 0 Å². The van der Waals surface area contributed by atoms with Gasteiger partial charge in [-0.15, -0.1) is 0 Å². The number of hydrogen-bond acceptors (Lipinski definition) is 3. The molecule has 0 spiro atoms. The summed E-state index contributed by atoms with van der Waals surface area (Å²) in [5, 5.41) is 17.7. The SMILES string of the molecule is COC1=CC2=CC(=C(C#N)C#N)CCC2CC1. The van der Waals surface area contributed by atoms with Gasteiger partial charge in [0.05, 0.1) is 12.9 Å². The molecule has 0 heterocycles. The van der Waals surface area contributed by atoms with Crippen LogP contribution < -0.4 is 0 Å². The lowest BCUT2D eigenvalue weighted by Gasteiger charge is -2.28. The Hall–Kier alpha value is -2.00. The number of fused-ring (bicyclic) bond motifs is 1. The molecule has 2 aliphatic carbocycles. The van der Waals surface area contributed by atoms with E-state index < -0.39 is 0 Å². The predicted octanol–water partition coefficient (Wildman–Crippen LogP) is 2.99.